The summed E-state index contributed by atoms with van der Waals surface area (Å²) < 4.78 is 22.8. The monoisotopic (exact) mass is 184 g/mol. The number of carbonyl (C=O) groups is 1. The largest absolute Gasteiger partial charge is 0.300 e. The van der Waals surface area contributed by atoms with Crippen LogP contribution < -0.4 is 0 Å². The third-order valence-electron chi connectivity index (χ3n) is 0.686. The lowest BCUT2D eigenvalue weighted by atomic mass is 10.3. The number of Topliss-reactive ketones (excluding diaryl/α,β-unsaturated/α-hetero) is 1. The second-order valence-electron chi connectivity index (χ2n) is 1.70. The predicted molar refractivity (Wildman–Crippen MR) is 39.4 cm³/mol. The molecule has 0 saturated heterocycles. The Balaban J connectivity index is 3.49. The smallest absolute Gasteiger partial charge is 0.266 e. The molecule has 0 fully saturated rings. The van der Waals surface area contributed by atoms with E-state index in [4.69, 9.17) is 4.55 Å². The molecule has 1 N–H and O–H groups in total. The Kier molecular flexibility index (Phi) is 3.95. The standard InChI is InChI=1S/C4H8O4S2/c1-4(5)2-3-8-10(6,7)9/h2-3H2,1H3,(H,6,7,9). The van der Waals surface area contributed by atoms with Crippen molar-refractivity contribution in [2.24, 2.45) is 0 Å². The molecule has 4 nitrogen and oxygen atoms in total. The molecule has 0 aliphatic carbocycles. The predicted octanol–water partition coefficient (Wildman–Crippen LogP) is 0.116. The van der Waals surface area contributed by atoms with Crippen LogP contribution in [0.1, 0.15) is 13.3 Å². The number of carbonyl (C=O) groups excluding carboxylic acids is 1. The van der Waals surface area contributed by atoms with Gasteiger partial charge in [0.1, 0.15) is 5.78 Å². The van der Waals surface area contributed by atoms with E-state index in [1.54, 1.807) is 0 Å². The van der Waals surface area contributed by atoms with Crippen LogP contribution in [0.2, 0.25) is 0 Å². The van der Waals surface area contributed by atoms with Gasteiger partial charge < -0.3 is 0 Å². The molecule has 0 bridgehead atoms. The van der Waals surface area contributed by atoms with Crippen LogP contribution >= 0.6 is 0 Å². The average Bonchev–Trinajstić information content (AvgIpc) is 1.59. The van der Waals surface area contributed by atoms with Crippen molar-refractivity contribution < 1.29 is 17.7 Å². The highest BCUT2D eigenvalue weighted by atomic mass is 32.9. The topological polar surface area (TPSA) is 63.6 Å². The van der Waals surface area contributed by atoms with Gasteiger partial charge in [0.2, 0.25) is 0 Å². The Labute approximate surface area is 64.3 Å². The maximum atomic E-state index is 10.2. The molecule has 0 aromatic carbocycles. The molecule has 10 heavy (non-hydrogen) atoms. The Morgan fingerprint density at radius 2 is 2.30 bits per heavy atom. The normalized spacial score (nSPS) is 16.2. The Hall–Kier alpha value is -0.0400. The zero-order valence-electron chi connectivity index (χ0n) is 5.40. The Morgan fingerprint density at radius 3 is 2.60 bits per heavy atom. The van der Waals surface area contributed by atoms with Crippen LogP contribution in [0.25, 0.3) is 0 Å². The minimum atomic E-state index is -3.54. The molecule has 1 unspecified atom stereocenters. The second-order valence-corrected chi connectivity index (χ2v) is 4.06. The molecule has 1 atom stereocenters. The summed E-state index contributed by atoms with van der Waals surface area (Å²) >= 11 is 3.99. The number of rotatable bonds is 4. The van der Waals surface area contributed by atoms with E-state index in [0.717, 1.165) is 0 Å². The van der Waals surface area contributed by atoms with Crippen LogP contribution in [0.15, 0.2) is 0 Å². The second kappa shape index (κ2) is 3.97. The van der Waals surface area contributed by atoms with E-state index in [0.29, 0.717) is 0 Å². The van der Waals surface area contributed by atoms with Crippen LogP contribution in [0.5, 0.6) is 0 Å². The molecule has 0 aromatic heterocycles. The average molecular weight is 184 g/mol. The molecule has 0 heterocycles. The zero-order valence-corrected chi connectivity index (χ0v) is 7.04. The molecule has 0 spiro atoms. The fraction of sp³-hybridized carbons (Fsp3) is 0.750. The van der Waals surface area contributed by atoms with Gasteiger partial charge in [-0.25, -0.2) is 0 Å². The van der Waals surface area contributed by atoms with Crippen molar-refractivity contribution in [3.63, 3.8) is 0 Å². The highest BCUT2D eigenvalue weighted by Crippen LogP contribution is 1.90. The first-order chi connectivity index (χ1) is 4.42. The lowest BCUT2D eigenvalue weighted by Crippen LogP contribution is -2.06. The van der Waals surface area contributed by atoms with Gasteiger partial charge in [-0.15, -0.1) is 0 Å². The SMILES string of the molecule is CC(=O)CCOS(=O)(O)=S. The van der Waals surface area contributed by atoms with E-state index in [1.807, 2.05) is 0 Å². The Morgan fingerprint density at radius 1 is 1.80 bits per heavy atom. The van der Waals surface area contributed by atoms with Crippen molar-refractivity contribution in [1.82, 2.24) is 0 Å². The van der Waals surface area contributed by atoms with Crippen molar-refractivity contribution in [2.45, 2.75) is 13.3 Å². The van der Waals surface area contributed by atoms with Crippen LogP contribution in [0.3, 0.4) is 0 Å². The highest BCUT2D eigenvalue weighted by molar-refractivity contribution is 8.27. The summed E-state index contributed by atoms with van der Waals surface area (Å²) in [7, 11) is -3.54. The summed E-state index contributed by atoms with van der Waals surface area (Å²) in [5.41, 5.74) is 0. The Bertz CT molecular complexity index is 205. The number of hydrogen-bond donors (Lipinski definition) is 1. The summed E-state index contributed by atoms with van der Waals surface area (Å²) in [6, 6.07) is 0. The minimum absolute atomic E-state index is 0.0891. The van der Waals surface area contributed by atoms with E-state index >= 15 is 0 Å². The van der Waals surface area contributed by atoms with Crippen molar-refractivity contribution in [1.29, 1.82) is 0 Å². The molecule has 0 amide bonds. The van der Waals surface area contributed by atoms with Crippen LogP contribution in [0.4, 0.5) is 0 Å². The molecule has 0 rings (SSSR count). The first-order valence-corrected chi connectivity index (χ1v) is 4.89. The van der Waals surface area contributed by atoms with Gasteiger partial charge in [-0.3, -0.25) is 13.5 Å². The number of hydrogen-bond acceptors (Lipinski definition) is 4. The van der Waals surface area contributed by atoms with Crippen LogP contribution in [0, 0.1) is 0 Å². The van der Waals surface area contributed by atoms with Gasteiger partial charge in [-0.2, -0.15) is 4.21 Å². The minimum Gasteiger partial charge on any atom is -0.300 e. The van der Waals surface area contributed by atoms with Gasteiger partial charge in [-0.05, 0) is 6.92 Å². The maximum absolute atomic E-state index is 10.2. The fourth-order valence-corrected chi connectivity index (χ4v) is 0.789. The third-order valence-corrected chi connectivity index (χ3v) is 1.44. The van der Waals surface area contributed by atoms with Gasteiger partial charge in [-0.1, -0.05) is 0 Å². The lowest BCUT2D eigenvalue weighted by Gasteiger charge is -1.97. The van der Waals surface area contributed by atoms with Gasteiger partial charge in [0.05, 0.1) is 6.61 Å². The van der Waals surface area contributed by atoms with Crippen molar-refractivity contribution in [3.8, 4) is 0 Å². The fourth-order valence-electron chi connectivity index (χ4n) is 0.291. The summed E-state index contributed by atoms with van der Waals surface area (Å²) in [6.07, 6.45) is 0.119. The van der Waals surface area contributed by atoms with Crippen molar-refractivity contribution in [2.75, 3.05) is 6.61 Å². The first kappa shape index (κ1) is 9.96. The molecule has 0 aromatic rings. The van der Waals surface area contributed by atoms with Gasteiger partial charge in [0.25, 0.3) is 9.05 Å². The van der Waals surface area contributed by atoms with Gasteiger partial charge in [0.15, 0.2) is 0 Å². The summed E-state index contributed by atoms with van der Waals surface area (Å²) in [4.78, 5) is 10.2. The van der Waals surface area contributed by atoms with Gasteiger partial charge in [0, 0.05) is 17.6 Å². The van der Waals surface area contributed by atoms with Crippen LogP contribution in [-0.4, -0.2) is 21.2 Å². The molecule has 0 saturated carbocycles. The summed E-state index contributed by atoms with van der Waals surface area (Å²) in [5.74, 6) is -0.0985. The summed E-state index contributed by atoms with van der Waals surface area (Å²) in [5, 5.41) is 0. The van der Waals surface area contributed by atoms with E-state index in [2.05, 4.69) is 15.4 Å². The summed E-state index contributed by atoms with van der Waals surface area (Å²) in [6.45, 7) is 1.28. The van der Waals surface area contributed by atoms with E-state index in [-0.39, 0.29) is 18.8 Å². The van der Waals surface area contributed by atoms with E-state index in [9.17, 15) is 9.00 Å². The lowest BCUT2D eigenvalue weighted by molar-refractivity contribution is -0.117. The van der Waals surface area contributed by atoms with Crippen LogP contribution in [-0.2, 0) is 29.2 Å². The molecular formula is C4H8O4S2. The molecule has 60 valence electrons. The third kappa shape index (κ3) is 7.96. The number of ketones is 1. The van der Waals surface area contributed by atoms with Gasteiger partial charge >= 0.3 is 0 Å². The molecule has 0 radical (unpaired) electrons. The van der Waals surface area contributed by atoms with Crippen molar-refractivity contribution in [3.05, 3.63) is 0 Å². The highest BCUT2D eigenvalue weighted by Gasteiger charge is 2.00. The molecule has 0 aliphatic rings. The van der Waals surface area contributed by atoms with Crippen molar-refractivity contribution >= 4 is 26.0 Å². The molecule has 6 heteroatoms. The first-order valence-electron chi connectivity index (χ1n) is 2.53. The zero-order chi connectivity index (χ0) is 8.20. The maximum Gasteiger partial charge on any atom is 0.266 e. The van der Waals surface area contributed by atoms with E-state index < -0.39 is 9.05 Å². The molecular weight excluding hydrogens is 176 g/mol. The van der Waals surface area contributed by atoms with E-state index in [1.165, 1.54) is 6.92 Å². The quantitative estimate of drug-likeness (QED) is 0.672. The molecule has 0 aliphatic heterocycles.